The normalized spacial score (nSPS) is 13.5. The predicted octanol–water partition coefficient (Wildman–Crippen LogP) is 1.85. The van der Waals surface area contributed by atoms with Gasteiger partial charge in [-0.3, -0.25) is 0 Å². The lowest BCUT2D eigenvalue weighted by Gasteiger charge is -2.13. The van der Waals surface area contributed by atoms with E-state index < -0.39 is 12.8 Å². The Kier molecular flexibility index (Phi) is 7.09. The molecule has 0 aromatic rings. The molecule has 0 fully saturated rings. The fourth-order valence-electron chi connectivity index (χ4n) is 0.994. The Morgan fingerprint density at radius 1 is 1.47 bits per heavy atom. The molecule has 0 spiro atoms. The topological polar surface area (TPSA) is 45.0 Å². The van der Waals surface area contributed by atoms with E-state index in [0.29, 0.717) is 13.0 Å². The van der Waals surface area contributed by atoms with Crippen LogP contribution in [0, 0.1) is 11.3 Å². The first-order chi connectivity index (χ1) is 6.99. The van der Waals surface area contributed by atoms with Crippen molar-refractivity contribution in [3.8, 4) is 6.07 Å². The first-order valence-electron chi connectivity index (χ1n) is 4.74. The molecule has 0 saturated carbocycles. The Morgan fingerprint density at radius 2 is 2.13 bits per heavy atom. The molecule has 88 valence electrons. The lowest BCUT2D eigenvalue weighted by molar-refractivity contribution is -0.173. The van der Waals surface area contributed by atoms with Crippen molar-refractivity contribution in [2.75, 3.05) is 19.8 Å². The molecule has 1 unspecified atom stereocenters. The van der Waals surface area contributed by atoms with Gasteiger partial charge in [0.15, 0.2) is 0 Å². The second-order valence-electron chi connectivity index (χ2n) is 3.09. The maximum absolute atomic E-state index is 11.6. The van der Waals surface area contributed by atoms with Crippen molar-refractivity contribution >= 4 is 0 Å². The summed E-state index contributed by atoms with van der Waals surface area (Å²) in [6.07, 6.45) is -3.14. The van der Waals surface area contributed by atoms with Crippen LogP contribution in [0.1, 0.15) is 19.8 Å². The standard InChI is InChI=1S/C9H15F3N2O/c1-2-8(3-4-13)14-5-6-15-7-9(10,11)12/h8,14H,2-3,5-7H2,1H3. The van der Waals surface area contributed by atoms with E-state index in [4.69, 9.17) is 5.26 Å². The fraction of sp³-hybridized carbons (Fsp3) is 0.889. The summed E-state index contributed by atoms with van der Waals surface area (Å²) >= 11 is 0. The van der Waals surface area contributed by atoms with Gasteiger partial charge >= 0.3 is 6.18 Å². The zero-order valence-corrected chi connectivity index (χ0v) is 8.60. The van der Waals surface area contributed by atoms with E-state index in [-0.39, 0.29) is 12.6 Å². The number of halogens is 3. The minimum Gasteiger partial charge on any atom is -0.371 e. The first-order valence-corrected chi connectivity index (χ1v) is 4.74. The molecule has 0 aliphatic heterocycles. The largest absolute Gasteiger partial charge is 0.411 e. The zero-order chi connectivity index (χ0) is 11.7. The van der Waals surface area contributed by atoms with Gasteiger partial charge in [-0.05, 0) is 6.42 Å². The number of rotatable bonds is 7. The van der Waals surface area contributed by atoms with Crippen LogP contribution in [-0.4, -0.2) is 32.0 Å². The highest BCUT2D eigenvalue weighted by atomic mass is 19.4. The molecule has 1 N–H and O–H groups in total. The molecular formula is C9H15F3N2O. The number of ether oxygens (including phenoxy) is 1. The zero-order valence-electron chi connectivity index (χ0n) is 8.60. The van der Waals surface area contributed by atoms with Gasteiger partial charge in [-0.15, -0.1) is 0 Å². The van der Waals surface area contributed by atoms with Gasteiger partial charge in [0.2, 0.25) is 0 Å². The van der Waals surface area contributed by atoms with E-state index >= 15 is 0 Å². The highest BCUT2D eigenvalue weighted by Crippen LogP contribution is 2.13. The molecule has 0 aromatic carbocycles. The Morgan fingerprint density at radius 3 is 2.60 bits per heavy atom. The van der Waals surface area contributed by atoms with Gasteiger partial charge in [0.05, 0.1) is 19.1 Å². The second-order valence-corrected chi connectivity index (χ2v) is 3.09. The highest BCUT2D eigenvalue weighted by Gasteiger charge is 2.27. The predicted molar refractivity (Wildman–Crippen MR) is 49.2 cm³/mol. The third-order valence-corrected chi connectivity index (χ3v) is 1.78. The van der Waals surface area contributed by atoms with Gasteiger partial charge in [-0.25, -0.2) is 0 Å². The molecule has 0 aliphatic rings. The molecule has 1 atom stereocenters. The van der Waals surface area contributed by atoms with Crippen LogP contribution in [-0.2, 0) is 4.74 Å². The van der Waals surface area contributed by atoms with Gasteiger partial charge in [-0.2, -0.15) is 18.4 Å². The number of alkyl halides is 3. The van der Waals surface area contributed by atoms with E-state index in [9.17, 15) is 13.2 Å². The SMILES string of the molecule is CCC(CC#N)NCCOCC(F)(F)F. The van der Waals surface area contributed by atoms with Gasteiger partial charge in [-0.1, -0.05) is 6.92 Å². The molecular weight excluding hydrogens is 209 g/mol. The number of hydrogen-bond acceptors (Lipinski definition) is 3. The molecule has 15 heavy (non-hydrogen) atoms. The Bertz CT molecular complexity index is 201. The monoisotopic (exact) mass is 224 g/mol. The van der Waals surface area contributed by atoms with Gasteiger partial charge in [0.25, 0.3) is 0 Å². The average Bonchev–Trinajstić information content (AvgIpc) is 2.14. The summed E-state index contributed by atoms with van der Waals surface area (Å²) in [5, 5.41) is 11.3. The summed E-state index contributed by atoms with van der Waals surface area (Å²) < 4.78 is 39.3. The van der Waals surface area contributed by atoms with Crippen LogP contribution in [0.3, 0.4) is 0 Å². The molecule has 6 heteroatoms. The molecule has 0 heterocycles. The lowest BCUT2D eigenvalue weighted by atomic mass is 10.2. The van der Waals surface area contributed by atoms with Crippen molar-refractivity contribution < 1.29 is 17.9 Å². The van der Waals surface area contributed by atoms with Gasteiger partial charge in [0, 0.05) is 12.6 Å². The van der Waals surface area contributed by atoms with E-state index in [0.717, 1.165) is 6.42 Å². The Labute approximate surface area is 87.2 Å². The molecule has 0 aromatic heterocycles. The van der Waals surface area contributed by atoms with Crippen molar-refractivity contribution in [3.05, 3.63) is 0 Å². The first kappa shape index (κ1) is 14.2. The molecule has 0 amide bonds. The molecule has 0 saturated heterocycles. The van der Waals surface area contributed by atoms with Crippen molar-refractivity contribution in [1.82, 2.24) is 5.32 Å². The minimum absolute atomic E-state index is 0.00143. The van der Waals surface area contributed by atoms with Gasteiger partial charge < -0.3 is 10.1 Å². The third-order valence-electron chi connectivity index (χ3n) is 1.78. The lowest BCUT2D eigenvalue weighted by Crippen LogP contribution is -2.32. The smallest absolute Gasteiger partial charge is 0.371 e. The van der Waals surface area contributed by atoms with Crippen molar-refractivity contribution in [1.29, 1.82) is 5.26 Å². The number of nitrogens with one attached hydrogen (secondary N) is 1. The van der Waals surface area contributed by atoms with Crippen molar-refractivity contribution in [2.24, 2.45) is 0 Å². The summed E-state index contributed by atoms with van der Waals surface area (Å²) in [6.45, 7) is 1.02. The van der Waals surface area contributed by atoms with Crippen LogP contribution < -0.4 is 5.32 Å². The van der Waals surface area contributed by atoms with E-state index in [1.165, 1.54) is 0 Å². The highest BCUT2D eigenvalue weighted by molar-refractivity contribution is 4.79. The van der Waals surface area contributed by atoms with E-state index in [1.807, 2.05) is 13.0 Å². The third kappa shape index (κ3) is 9.50. The Hall–Kier alpha value is -0.800. The van der Waals surface area contributed by atoms with Crippen LogP contribution in [0.5, 0.6) is 0 Å². The van der Waals surface area contributed by atoms with Gasteiger partial charge in [0.1, 0.15) is 6.61 Å². The van der Waals surface area contributed by atoms with Crippen LogP contribution >= 0.6 is 0 Å². The quantitative estimate of drug-likeness (QED) is 0.671. The summed E-state index contributed by atoms with van der Waals surface area (Å²) in [4.78, 5) is 0. The summed E-state index contributed by atoms with van der Waals surface area (Å²) in [7, 11) is 0. The minimum atomic E-state index is -4.27. The van der Waals surface area contributed by atoms with Crippen molar-refractivity contribution in [3.63, 3.8) is 0 Å². The number of hydrogen-bond donors (Lipinski definition) is 1. The maximum Gasteiger partial charge on any atom is 0.411 e. The van der Waals surface area contributed by atoms with E-state index in [1.54, 1.807) is 0 Å². The Balaban J connectivity index is 3.41. The fourth-order valence-corrected chi connectivity index (χ4v) is 0.994. The number of nitrogens with zero attached hydrogens (tertiary/aromatic N) is 1. The number of nitriles is 1. The molecule has 3 nitrogen and oxygen atoms in total. The van der Waals surface area contributed by atoms with Crippen LogP contribution in [0.15, 0.2) is 0 Å². The maximum atomic E-state index is 11.6. The molecule has 0 aliphatic carbocycles. The summed E-state index contributed by atoms with van der Waals surface area (Å²) in [6, 6.07) is 2.03. The second kappa shape index (κ2) is 7.49. The summed E-state index contributed by atoms with van der Waals surface area (Å²) in [5.41, 5.74) is 0. The average molecular weight is 224 g/mol. The molecule has 0 radical (unpaired) electrons. The summed E-state index contributed by atoms with van der Waals surface area (Å²) in [5.74, 6) is 0. The van der Waals surface area contributed by atoms with Crippen LogP contribution in [0.25, 0.3) is 0 Å². The van der Waals surface area contributed by atoms with E-state index in [2.05, 4.69) is 10.1 Å². The molecule has 0 bridgehead atoms. The van der Waals surface area contributed by atoms with Crippen molar-refractivity contribution in [2.45, 2.75) is 32.0 Å². The van der Waals surface area contributed by atoms with Crippen LogP contribution in [0.4, 0.5) is 13.2 Å². The molecule has 0 rings (SSSR count). The van der Waals surface area contributed by atoms with Crippen LogP contribution in [0.2, 0.25) is 0 Å².